The van der Waals surface area contributed by atoms with Gasteiger partial charge in [0.1, 0.15) is 11.9 Å². The SMILES string of the molecule is C=C1CCCCC1Oc1ccccc1I. The molecule has 1 nitrogen and oxygen atoms in total. The lowest BCUT2D eigenvalue weighted by molar-refractivity contribution is 0.202. The molecule has 2 heteroatoms. The lowest BCUT2D eigenvalue weighted by Gasteiger charge is -2.25. The van der Waals surface area contributed by atoms with Gasteiger partial charge in [-0.15, -0.1) is 0 Å². The van der Waals surface area contributed by atoms with Crippen LogP contribution in [0, 0.1) is 3.57 Å². The fourth-order valence-electron chi connectivity index (χ4n) is 1.88. The van der Waals surface area contributed by atoms with Gasteiger partial charge in [-0.05, 0) is 66.0 Å². The summed E-state index contributed by atoms with van der Waals surface area (Å²) in [6.45, 7) is 4.09. The number of hydrogen-bond donors (Lipinski definition) is 0. The van der Waals surface area contributed by atoms with Gasteiger partial charge in [-0.25, -0.2) is 0 Å². The zero-order valence-corrected chi connectivity index (χ0v) is 10.9. The molecule has 0 saturated heterocycles. The maximum Gasteiger partial charge on any atom is 0.133 e. The quantitative estimate of drug-likeness (QED) is 0.588. The Kier molecular flexibility index (Phi) is 3.67. The summed E-state index contributed by atoms with van der Waals surface area (Å²) >= 11 is 2.31. The molecule has 1 fully saturated rings. The van der Waals surface area contributed by atoms with Crippen molar-refractivity contribution in [2.24, 2.45) is 0 Å². The van der Waals surface area contributed by atoms with E-state index in [-0.39, 0.29) is 6.10 Å². The Bertz CT molecular complexity index is 359. The second kappa shape index (κ2) is 5.01. The minimum atomic E-state index is 0.231. The van der Waals surface area contributed by atoms with E-state index >= 15 is 0 Å². The molecular weight excluding hydrogens is 299 g/mol. The Morgan fingerprint density at radius 3 is 2.80 bits per heavy atom. The molecule has 0 bridgehead atoms. The van der Waals surface area contributed by atoms with Crippen LogP contribution in [0.2, 0.25) is 0 Å². The molecule has 1 unspecified atom stereocenters. The van der Waals surface area contributed by atoms with Gasteiger partial charge in [0.15, 0.2) is 0 Å². The van der Waals surface area contributed by atoms with E-state index in [0.29, 0.717) is 0 Å². The van der Waals surface area contributed by atoms with Gasteiger partial charge in [0.2, 0.25) is 0 Å². The Hall–Kier alpha value is -0.510. The molecule has 80 valence electrons. The maximum absolute atomic E-state index is 5.99. The van der Waals surface area contributed by atoms with E-state index in [1.165, 1.54) is 22.0 Å². The number of halogens is 1. The number of hydrogen-bond acceptors (Lipinski definition) is 1. The first kappa shape index (κ1) is 11.0. The van der Waals surface area contributed by atoms with Crippen molar-refractivity contribution < 1.29 is 4.74 Å². The second-order valence-corrected chi connectivity index (χ2v) is 5.10. The molecule has 0 spiro atoms. The maximum atomic E-state index is 5.99. The minimum absolute atomic E-state index is 0.231. The molecule has 15 heavy (non-hydrogen) atoms. The van der Waals surface area contributed by atoms with Crippen LogP contribution in [0.1, 0.15) is 25.7 Å². The van der Waals surface area contributed by atoms with Gasteiger partial charge in [0, 0.05) is 0 Å². The average molecular weight is 314 g/mol. The molecule has 1 aromatic rings. The van der Waals surface area contributed by atoms with Gasteiger partial charge >= 0.3 is 0 Å². The molecule has 1 aromatic carbocycles. The van der Waals surface area contributed by atoms with Gasteiger partial charge in [-0.2, -0.15) is 0 Å². The van der Waals surface area contributed by atoms with Crippen LogP contribution >= 0.6 is 22.6 Å². The van der Waals surface area contributed by atoms with E-state index in [1.54, 1.807) is 0 Å². The smallest absolute Gasteiger partial charge is 0.133 e. The minimum Gasteiger partial charge on any atom is -0.485 e. The van der Waals surface area contributed by atoms with Crippen LogP contribution in [0.5, 0.6) is 5.75 Å². The van der Waals surface area contributed by atoms with Crippen LogP contribution in [0.3, 0.4) is 0 Å². The van der Waals surface area contributed by atoms with Crippen molar-refractivity contribution in [2.75, 3.05) is 0 Å². The van der Waals surface area contributed by atoms with Crippen molar-refractivity contribution in [3.8, 4) is 5.75 Å². The van der Waals surface area contributed by atoms with E-state index in [2.05, 4.69) is 35.2 Å². The fraction of sp³-hybridized carbons (Fsp3) is 0.385. The molecule has 1 aliphatic carbocycles. The van der Waals surface area contributed by atoms with Gasteiger partial charge in [0.05, 0.1) is 3.57 Å². The second-order valence-electron chi connectivity index (χ2n) is 3.94. The first-order chi connectivity index (χ1) is 7.27. The number of benzene rings is 1. The highest BCUT2D eigenvalue weighted by Crippen LogP contribution is 2.28. The van der Waals surface area contributed by atoms with Crippen LogP contribution in [0.15, 0.2) is 36.4 Å². The largest absolute Gasteiger partial charge is 0.485 e. The predicted octanol–water partition coefficient (Wildman–Crippen LogP) is 4.17. The third-order valence-electron chi connectivity index (χ3n) is 2.78. The number of para-hydroxylation sites is 1. The van der Waals surface area contributed by atoms with Gasteiger partial charge in [0.25, 0.3) is 0 Å². The van der Waals surface area contributed by atoms with Crippen LogP contribution in [-0.2, 0) is 0 Å². The highest BCUT2D eigenvalue weighted by Gasteiger charge is 2.19. The predicted molar refractivity (Wildman–Crippen MR) is 71.2 cm³/mol. The summed E-state index contributed by atoms with van der Waals surface area (Å²) in [5.74, 6) is 0.992. The van der Waals surface area contributed by atoms with Crippen LogP contribution in [0.25, 0.3) is 0 Å². The van der Waals surface area contributed by atoms with Crippen molar-refractivity contribution >= 4 is 22.6 Å². The van der Waals surface area contributed by atoms with E-state index in [9.17, 15) is 0 Å². The van der Waals surface area contributed by atoms with Crippen LogP contribution < -0.4 is 4.74 Å². The zero-order chi connectivity index (χ0) is 10.7. The van der Waals surface area contributed by atoms with E-state index in [0.717, 1.165) is 18.6 Å². The highest BCUT2D eigenvalue weighted by atomic mass is 127. The molecule has 0 amide bonds. The standard InChI is InChI=1S/C13H15IO/c1-10-6-2-4-8-12(10)15-13-9-5-3-7-11(13)14/h3,5,7,9,12H,1-2,4,6,8H2. The monoisotopic (exact) mass is 314 g/mol. The molecule has 0 radical (unpaired) electrons. The molecule has 0 aromatic heterocycles. The summed E-state index contributed by atoms with van der Waals surface area (Å²) in [6, 6.07) is 8.15. The van der Waals surface area contributed by atoms with E-state index < -0.39 is 0 Å². The van der Waals surface area contributed by atoms with E-state index in [4.69, 9.17) is 4.74 Å². The van der Waals surface area contributed by atoms with Gasteiger partial charge < -0.3 is 4.74 Å². The summed E-state index contributed by atoms with van der Waals surface area (Å²) in [5.41, 5.74) is 1.25. The zero-order valence-electron chi connectivity index (χ0n) is 8.71. The van der Waals surface area contributed by atoms with Gasteiger partial charge in [-0.1, -0.05) is 18.7 Å². The molecule has 1 aliphatic rings. The average Bonchev–Trinajstić information content (AvgIpc) is 2.24. The molecule has 0 aliphatic heterocycles. The molecular formula is C13H15IO. The summed E-state index contributed by atoms with van der Waals surface area (Å²) in [4.78, 5) is 0. The Morgan fingerprint density at radius 1 is 1.27 bits per heavy atom. The van der Waals surface area contributed by atoms with Crippen molar-refractivity contribution in [1.29, 1.82) is 0 Å². The lowest BCUT2D eigenvalue weighted by atomic mass is 9.93. The Labute approximate surface area is 105 Å². The van der Waals surface area contributed by atoms with Crippen LogP contribution in [-0.4, -0.2) is 6.10 Å². The Balaban J connectivity index is 2.08. The van der Waals surface area contributed by atoms with Crippen LogP contribution in [0.4, 0.5) is 0 Å². The number of ether oxygens (including phenoxy) is 1. The van der Waals surface area contributed by atoms with Crippen molar-refractivity contribution in [2.45, 2.75) is 31.8 Å². The summed E-state index contributed by atoms with van der Waals surface area (Å²) < 4.78 is 7.17. The van der Waals surface area contributed by atoms with Gasteiger partial charge in [-0.3, -0.25) is 0 Å². The lowest BCUT2D eigenvalue weighted by Crippen LogP contribution is -2.22. The van der Waals surface area contributed by atoms with E-state index in [1.807, 2.05) is 18.2 Å². The molecule has 2 rings (SSSR count). The summed E-state index contributed by atoms with van der Waals surface area (Å²) in [7, 11) is 0. The first-order valence-electron chi connectivity index (χ1n) is 5.36. The fourth-order valence-corrected chi connectivity index (χ4v) is 2.40. The first-order valence-corrected chi connectivity index (χ1v) is 6.44. The molecule has 1 saturated carbocycles. The third kappa shape index (κ3) is 2.74. The molecule has 0 N–H and O–H groups in total. The molecule has 1 atom stereocenters. The summed E-state index contributed by atoms with van der Waals surface area (Å²) in [5, 5.41) is 0. The van der Waals surface area contributed by atoms with Crippen molar-refractivity contribution in [3.05, 3.63) is 40.0 Å². The van der Waals surface area contributed by atoms with Crippen molar-refractivity contribution in [1.82, 2.24) is 0 Å². The highest BCUT2D eigenvalue weighted by molar-refractivity contribution is 14.1. The summed E-state index contributed by atoms with van der Waals surface area (Å²) in [6.07, 6.45) is 4.99. The Morgan fingerprint density at radius 2 is 2.07 bits per heavy atom. The number of rotatable bonds is 2. The normalized spacial score (nSPS) is 21.4. The molecule has 0 heterocycles. The topological polar surface area (TPSA) is 9.23 Å². The van der Waals surface area contributed by atoms with Crippen molar-refractivity contribution in [3.63, 3.8) is 0 Å². The third-order valence-corrected chi connectivity index (χ3v) is 3.67.